The highest BCUT2D eigenvalue weighted by Gasteiger charge is 2.35. The van der Waals surface area contributed by atoms with Crippen LogP contribution in [0.15, 0.2) is 60.9 Å². The van der Waals surface area contributed by atoms with Crippen molar-refractivity contribution in [1.29, 1.82) is 0 Å². The van der Waals surface area contributed by atoms with Gasteiger partial charge in [-0.05, 0) is 29.8 Å². The lowest BCUT2D eigenvalue weighted by Gasteiger charge is -2.07. The molecule has 0 aliphatic carbocycles. The van der Waals surface area contributed by atoms with Gasteiger partial charge in [-0.25, -0.2) is 9.55 Å². The van der Waals surface area contributed by atoms with Gasteiger partial charge in [0.25, 0.3) is 5.82 Å². The largest absolute Gasteiger partial charge is 0.400 e. The minimum absolute atomic E-state index is 0.0512. The van der Waals surface area contributed by atoms with Gasteiger partial charge in [0, 0.05) is 30.2 Å². The number of aromatic amines is 1. The van der Waals surface area contributed by atoms with Gasteiger partial charge in [0.1, 0.15) is 13.0 Å². The zero-order valence-electron chi connectivity index (χ0n) is 14.5. The first-order valence-corrected chi connectivity index (χ1v) is 9.24. The molecule has 3 nitrogen and oxygen atoms in total. The molecule has 0 unspecified atom stereocenters. The maximum absolute atomic E-state index is 13.1. The maximum Gasteiger partial charge on any atom is 0.400 e. The van der Waals surface area contributed by atoms with E-state index in [4.69, 9.17) is 23.2 Å². The third kappa shape index (κ3) is 3.88. The van der Waals surface area contributed by atoms with Crippen molar-refractivity contribution in [3.8, 4) is 5.69 Å². The Balaban J connectivity index is 1.74. The number of alkyl halides is 3. The average molecular weight is 425 g/mol. The number of halogens is 5. The van der Waals surface area contributed by atoms with Crippen LogP contribution in [0.5, 0.6) is 0 Å². The van der Waals surface area contributed by atoms with E-state index in [0.29, 0.717) is 16.1 Å². The molecule has 0 aliphatic heterocycles. The van der Waals surface area contributed by atoms with E-state index in [0.717, 1.165) is 11.3 Å². The lowest BCUT2D eigenvalue weighted by atomic mass is 10.2. The molecule has 144 valence electrons. The summed E-state index contributed by atoms with van der Waals surface area (Å²) in [4.78, 5) is 2.84. The van der Waals surface area contributed by atoms with Crippen molar-refractivity contribution < 1.29 is 17.7 Å². The highest BCUT2D eigenvalue weighted by atomic mass is 35.5. The third-order valence-electron chi connectivity index (χ3n) is 4.48. The molecule has 4 aromatic rings. The van der Waals surface area contributed by atoms with E-state index in [1.165, 1.54) is 0 Å². The van der Waals surface area contributed by atoms with E-state index in [9.17, 15) is 13.2 Å². The molecule has 8 heteroatoms. The molecule has 0 radical (unpaired) electrons. The summed E-state index contributed by atoms with van der Waals surface area (Å²) in [6, 6.07) is 14.6. The van der Waals surface area contributed by atoms with Crippen LogP contribution in [0, 0.1) is 0 Å². The van der Waals surface area contributed by atoms with E-state index in [1.54, 1.807) is 16.7 Å². The fourth-order valence-electron chi connectivity index (χ4n) is 3.20. The van der Waals surface area contributed by atoms with Gasteiger partial charge in [-0.3, -0.25) is 0 Å². The summed E-state index contributed by atoms with van der Waals surface area (Å²) < 4.78 is 42.8. The number of aromatic nitrogens is 3. The summed E-state index contributed by atoms with van der Waals surface area (Å²) in [6.45, 7) is 0.273. The molecule has 0 amide bonds. The minimum atomic E-state index is -4.34. The van der Waals surface area contributed by atoms with Crippen LogP contribution in [0.25, 0.3) is 16.7 Å². The summed E-state index contributed by atoms with van der Waals surface area (Å²) in [5, 5.41) is 0.584. The molecule has 2 aromatic heterocycles. The minimum Gasteiger partial charge on any atom is -0.324 e. The fraction of sp³-hybridized carbons (Fsp3) is 0.150. The van der Waals surface area contributed by atoms with Crippen LogP contribution >= 0.6 is 23.2 Å². The van der Waals surface area contributed by atoms with Crippen molar-refractivity contribution in [2.75, 3.05) is 0 Å². The molecule has 0 saturated carbocycles. The number of imidazole rings is 1. The summed E-state index contributed by atoms with van der Waals surface area (Å²) in [7, 11) is 0. The summed E-state index contributed by atoms with van der Waals surface area (Å²) in [6.07, 6.45) is -1.56. The van der Waals surface area contributed by atoms with Gasteiger partial charge in [0.05, 0.1) is 10.0 Å². The molecule has 0 bridgehead atoms. The molecule has 0 atom stereocenters. The van der Waals surface area contributed by atoms with Gasteiger partial charge in [-0.1, -0.05) is 35.3 Å². The Morgan fingerprint density at radius 3 is 2.25 bits per heavy atom. The standard InChI is InChI=1S/C20H14Cl2F3N3/c21-15-9-17-18(10-16(15)22)28(19(26-17)11-20(23,24)25)12-13-3-5-14(6-4-13)27-7-1-2-8-27/h1-10H,11-12H2/p+1. The second kappa shape index (κ2) is 7.18. The first-order valence-electron chi connectivity index (χ1n) is 8.49. The molecule has 0 aliphatic rings. The summed E-state index contributed by atoms with van der Waals surface area (Å²) >= 11 is 12.1. The number of benzene rings is 2. The van der Waals surface area contributed by atoms with Crippen LogP contribution in [-0.2, 0) is 13.0 Å². The number of hydrogen-bond donors (Lipinski definition) is 1. The number of H-pyrrole nitrogens is 1. The van der Waals surface area contributed by atoms with Crippen molar-refractivity contribution in [2.24, 2.45) is 0 Å². The van der Waals surface area contributed by atoms with Crippen LogP contribution in [-0.4, -0.2) is 15.7 Å². The summed E-state index contributed by atoms with van der Waals surface area (Å²) in [5.41, 5.74) is 2.93. The zero-order chi connectivity index (χ0) is 19.9. The smallest absolute Gasteiger partial charge is 0.324 e. The lowest BCUT2D eigenvalue weighted by Crippen LogP contribution is -2.39. The topological polar surface area (TPSA) is 24.6 Å². The molecular formula is C20H15Cl2F3N3+. The first kappa shape index (κ1) is 18.9. The van der Waals surface area contributed by atoms with Crippen LogP contribution in [0.2, 0.25) is 10.0 Å². The van der Waals surface area contributed by atoms with Crippen LogP contribution in [0.1, 0.15) is 11.4 Å². The van der Waals surface area contributed by atoms with Crippen LogP contribution in [0.3, 0.4) is 0 Å². The van der Waals surface area contributed by atoms with Crippen molar-refractivity contribution in [3.05, 3.63) is 82.4 Å². The summed E-state index contributed by atoms with van der Waals surface area (Å²) in [5.74, 6) is 0.0512. The lowest BCUT2D eigenvalue weighted by molar-refractivity contribution is -0.671. The second-order valence-electron chi connectivity index (χ2n) is 6.49. The Morgan fingerprint density at radius 1 is 0.964 bits per heavy atom. The quantitative estimate of drug-likeness (QED) is 0.406. The number of nitrogens with one attached hydrogen (secondary N) is 1. The molecule has 2 heterocycles. The fourth-order valence-corrected chi connectivity index (χ4v) is 3.52. The monoisotopic (exact) mass is 424 g/mol. The van der Waals surface area contributed by atoms with E-state index in [-0.39, 0.29) is 17.4 Å². The van der Waals surface area contributed by atoms with Crippen LogP contribution < -0.4 is 4.57 Å². The Hall–Kier alpha value is -2.44. The van der Waals surface area contributed by atoms with Gasteiger partial charge in [-0.2, -0.15) is 13.2 Å². The van der Waals surface area contributed by atoms with Crippen LogP contribution in [0.4, 0.5) is 13.2 Å². The molecule has 0 spiro atoms. The predicted octanol–water partition coefficient (Wildman–Crippen LogP) is 5.71. The highest BCUT2D eigenvalue weighted by Crippen LogP contribution is 2.28. The van der Waals surface area contributed by atoms with E-state index in [1.807, 2.05) is 53.4 Å². The molecule has 28 heavy (non-hydrogen) atoms. The number of hydrogen-bond acceptors (Lipinski definition) is 0. The SMILES string of the molecule is FC(F)(F)Cc1[nH]c2cc(Cl)c(Cl)cc2[n+]1Cc1ccc(-n2cccc2)cc1. The average Bonchev–Trinajstić information content (AvgIpc) is 3.25. The van der Waals surface area contributed by atoms with Gasteiger partial charge in [-0.15, -0.1) is 0 Å². The van der Waals surface area contributed by atoms with Gasteiger partial charge in [0.2, 0.25) is 0 Å². The molecule has 1 N–H and O–H groups in total. The van der Waals surface area contributed by atoms with E-state index in [2.05, 4.69) is 4.98 Å². The molecular weight excluding hydrogens is 410 g/mol. The Morgan fingerprint density at radius 2 is 1.61 bits per heavy atom. The van der Waals surface area contributed by atoms with Crippen molar-refractivity contribution >= 4 is 34.2 Å². The van der Waals surface area contributed by atoms with E-state index >= 15 is 0 Å². The van der Waals surface area contributed by atoms with Gasteiger partial charge in [0.15, 0.2) is 11.0 Å². The predicted molar refractivity (Wildman–Crippen MR) is 103 cm³/mol. The zero-order valence-corrected chi connectivity index (χ0v) is 16.0. The van der Waals surface area contributed by atoms with Crippen molar-refractivity contribution in [3.63, 3.8) is 0 Å². The van der Waals surface area contributed by atoms with E-state index < -0.39 is 12.6 Å². The molecule has 2 aromatic carbocycles. The Bertz CT molecular complexity index is 1110. The van der Waals surface area contributed by atoms with Crippen molar-refractivity contribution in [2.45, 2.75) is 19.1 Å². The maximum atomic E-state index is 13.1. The Labute approximate surface area is 168 Å². The number of nitrogens with zero attached hydrogens (tertiary/aromatic N) is 2. The highest BCUT2D eigenvalue weighted by molar-refractivity contribution is 6.42. The third-order valence-corrected chi connectivity index (χ3v) is 5.20. The van der Waals surface area contributed by atoms with Crippen molar-refractivity contribution in [1.82, 2.24) is 9.55 Å². The molecule has 0 saturated heterocycles. The molecule has 4 rings (SSSR count). The first-order chi connectivity index (χ1) is 13.3. The second-order valence-corrected chi connectivity index (χ2v) is 7.30. The molecule has 0 fully saturated rings. The normalized spacial score (nSPS) is 12.0. The van der Waals surface area contributed by atoms with Gasteiger partial charge < -0.3 is 4.57 Å². The number of fused-ring (bicyclic) bond motifs is 1. The van der Waals surface area contributed by atoms with Gasteiger partial charge >= 0.3 is 6.18 Å². The Kier molecular flexibility index (Phi) is 4.85. The number of rotatable bonds is 4.